The number of allylic oxidation sites excluding steroid dienone is 3. The SMILES string of the molecule is CN(C)CCN(C)CC1=CCC=CC1. The molecule has 0 bridgehead atoms. The predicted molar refractivity (Wildman–Crippen MR) is 62.5 cm³/mol. The average Bonchev–Trinajstić information content (AvgIpc) is 2.16. The number of hydrogen-bond acceptors (Lipinski definition) is 2. The summed E-state index contributed by atoms with van der Waals surface area (Å²) in [5.41, 5.74) is 1.56. The average molecular weight is 194 g/mol. The molecule has 14 heavy (non-hydrogen) atoms. The van der Waals surface area contributed by atoms with E-state index in [2.05, 4.69) is 49.2 Å². The van der Waals surface area contributed by atoms with Gasteiger partial charge in [0, 0.05) is 19.6 Å². The third-order valence-corrected chi connectivity index (χ3v) is 2.49. The van der Waals surface area contributed by atoms with Crippen LogP contribution >= 0.6 is 0 Å². The molecule has 0 saturated carbocycles. The van der Waals surface area contributed by atoms with Crippen molar-refractivity contribution >= 4 is 0 Å². The van der Waals surface area contributed by atoms with Gasteiger partial charge in [-0.25, -0.2) is 0 Å². The maximum absolute atomic E-state index is 2.39. The van der Waals surface area contributed by atoms with Gasteiger partial charge in [-0.15, -0.1) is 0 Å². The smallest absolute Gasteiger partial charge is 0.0193 e. The Bertz CT molecular complexity index is 216. The van der Waals surface area contributed by atoms with Gasteiger partial charge < -0.3 is 9.80 Å². The van der Waals surface area contributed by atoms with Crippen molar-refractivity contribution in [3.63, 3.8) is 0 Å². The number of hydrogen-bond donors (Lipinski definition) is 0. The predicted octanol–water partition coefficient (Wildman–Crippen LogP) is 1.76. The Morgan fingerprint density at radius 2 is 1.93 bits per heavy atom. The zero-order valence-electron chi connectivity index (χ0n) is 9.66. The number of nitrogens with zero attached hydrogens (tertiary/aromatic N) is 2. The van der Waals surface area contributed by atoms with Crippen molar-refractivity contribution in [2.24, 2.45) is 0 Å². The Morgan fingerprint density at radius 3 is 2.50 bits per heavy atom. The Kier molecular flexibility index (Phi) is 4.91. The van der Waals surface area contributed by atoms with E-state index >= 15 is 0 Å². The fraction of sp³-hybridized carbons (Fsp3) is 0.667. The lowest BCUT2D eigenvalue weighted by atomic mass is 10.1. The molecule has 1 rings (SSSR count). The first kappa shape index (κ1) is 11.5. The zero-order valence-corrected chi connectivity index (χ0v) is 9.66. The molecule has 1 aliphatic carbocycles. The highest BCUT2D eigenvalue weighted by Crippen LogP contribution is 2.11. The molecule has 0 heterocycles. The third-order valence-electron chi connectivity index (χ3n) is 2.49. The Balaban J connectivity index is 2.19. The summed E-state index contributed by atoms with van der Waals surface area (Å²) in [7, 11) is 6.44. The minimum absolute atomic E-state index is 1.12. The second-order valence-electron chi connectivity index (χ2n) is 4.31. The van der Waals surface area contributed by atoms with Crippen LogP contribution in [0.4, 0.5) is 0 Å². The summed E-state index contributed by atoms with van der Waals surface area (Å²) in [6.45, 7) is 3.41. The van der Waals surface area contributed by atoms with E-state index in [-0.39, 0.29) is 0 Å². The molecule has 0 fully saturated rings. The van der Waals surface area contributed by atoms with Crippen LogP contribution in [-0.4, -0.2) is 50.6 Å². The van der Waals surface area contributed by atoms with Crippen LogP contribution < -0.4 is 0 Å². The maximum Gasteiger partial charge on any atom is 0.0193 e. The lowest BCUT2D eigenvalue weighted by molar-refractivity contribution is 0.296. The van der Waals surface area contributed by atoms with Gasteiger partial charge in [-0.3, -0.25) is 0 Å². The summed E-state index contributed by atoms with van der Waals surface area (Å²) in [4.78, 5) is 4.62. The molecule has 0 aromatic carbocycles. The van der Waals surface area contributed by atoms with Crippen molar-refractivity contribution in [3.05, 3.63) is 23.8 Å². The highest BCUT2D eigenvalue weighted by atomic mass is 15.1. The molecule has 2 nitrogen and oxygen atoms in total. The second kappa shape index (κ2) is 5.99. The monoisotopic (exact) mass is 194 g/mol. The second-order valence-corrected chi connectivity index (χ2v) is 4.31. The van der Waals surface area contributed by atoms with Gasteiger partial charge in [0.1, 0.15) is 0 Å². The lowest BCUT2D eigenvalue weighted by Crippen LogP contribution is -2.30. The Labute approximate surface area is 87.9 Å². The number of rotatable bonds is 5. The first-order valence-electron chi connectivity index (χ1n) is 5.34. The summed E-state index contributed by atoms with van der Waals surface area (Å²) in [5, 5.41) is 0. The Hall–Kier alpha value is -0.600. The van der Waals surface area contributed by atoms with E-state index in [1.165, 1.54) is 0 Å². The van der Waals surface area contributed by atoms with Gasteiger partial charge in [0.2, 0.25) is 0 Å². The van der Waals surface area contributed by atoms with Crippen LogP contribution in [0.25, 0.3) is 0 Å². The molecule has 0 saturated heterocycles. The maximum atomic E-state index is 2.39. The van der Waals surface area contributed by atoms with Gasteiger partial charge in [-0.2, -0.15) is 0 Å². The summed E-state index contributed by atoms with van der Waals surface area (Å²) in [6, 6.07) is 0. The molecular weight excluding hydrogens is 172 g/mol. The molecule has 0 amide bonds. The highest BCUT2D eigenvalue weighted by Gasteiger charge is 2.03. The molecule has 1 aliphatic rings. The van der Waals surface area contributed by atoms with E-state index in [9.17, 15) is 0 Å². The molecule has 0 aromatic heterocycles. The van der Waals surface area contributed by atoms with Crippen LogP contribution in [0.2, 0.25) is 0 Å². The van der Waals surface area contributed by atoms with Gasteiger partial charge in [-0.05, 0) is 34.0 Å². The van der Waals surface area contributed by atoms with Crippen LogP contribution in [0.15, 0.2) is 23.8 Å². The van der Waals surface area contributed by atoms with Crippen molar-refractivity contribution in [2.75, 3.05) is 40.8 Å². The summed E-state index contributed by atoms with van der Waals surface area (Å²) < 4.78 is 0. The van der Waals surface area contributed by atoms with E-state index in [0.29, 0.717) is 0 Å². The van der Waals surface area contributed by atoms with Crippen LogP contribution in [-0.2, 0) is 0 Å². The van der Waals surface area contributed by atoms with E-state index in [4.69, 9.17) is 0 Å². The fourth-order valence-electron chi connectivity index (χ4n) is 1.57. The Morgan fingerprint density at radius 1 is 1.14 bits per heavy atom. The first-order valence-corrected chi connectivity index (χ1v) is 5.34. The highest BCUT2D eigenvalue weighted by molar-refractivity contribution is 5.15. The lowest BCUT2D eigenvalue weighted by Gasteiger charge is -2.21. The molecule has 0 aromatic rings. The minimum atomic E-state index is 1.12. The molecule has 2 heteroatoms. The molecule has 0 unspecified atom stereocenters. The molecule has 0 spiro atoms. The van der Waals surface area contributed by atoms with Gasteiger partial charge in [-0.1, -0.05) is 23.8 Å². The van der Waals surface area contributed by atoms with E-state index in [0.717, 1.165) is 32.5 Å². The molecule has 0 N–H and O–H groups in total. The topological polar surface area (TPSA) is 6.48 Å². The standard InChI is InChI=1S/C12H22N2/c1-13(2)9-10-14(3)11-12-7-5-4-6-8-12/h4-5,8H,6-7,9-11H2,1-3H3. The largest absolute Gasteiger partial charge is 0.308 e. The summed E-state index contributed by atoms with van der Waals surface area (Å²) >= 11 is 0. The van der Waals surface area contributed by atoms with E-state index in [1.807, 2.05) is 0 Å². The van der Waals surface area contributed by atoms with Gasteiger partial charge in [0.05, 0.1) is 0 Å². The van der Waals surface area contributed by atoms with Crippen LogP contribution in [0.5, 0.6) is 0 Å². The molecular formula is C12H22N2. The third kappa shape index (κ3) is 4.58. The minimum Gasteiger partial charge on any atom is -0.308 e. The van der Waals surface area contributed by atoms with Crippen molar-refractivity contribution in [1.82, 2.24) is 9.80 Å². The van der Waals surface area contributed by atoms with E-state index in [1.54, 1.807) is 5.57 Å². The quantitative estimate of drug-likeness (QED) is 0.615. The molecule has 0 aliphatic heterocycles. The van der Waals surface area contributed by atoms with Crippen molar-refractivity contribution in [3.8, 4) is 0 Å². The molecule has 0 radical (unpaired) electrons. The summed E-state index contributed by atoms with van der Waals surface area (Å²) in [6.07, 6.45) is 9.13. The number of likely N-dealkylation sites (N-methyl/N-ethyl adjacent to an activating group) is 2. The molecule has 0 atom stereocenters. The summed E-state index contributed by atoms with van der Waals surface area (Å²) in [5.74, 6) is 0. The molecule has 80 valence electrons. The van der Waals surface area contributed by atoms with Crippen molar-refractivity contribution in [2.45, 2.75) is 12.8 Å². The van der Waals surface area contributed by atoms with E-state index < -0.39 is 0 Å². The van der Waals surface area contributed by atoms with Gasteiger partial charge in [0.15, 0.2) is 0 Å². The van der Waals surface area contributed by atoms with Crippen LogP contribution in [0, 0.1) is 0 Å². The van der Waals surface area contributed by atoms with Crippen molar-refractivity contribution < 1.29 is 0 Å². The van der Waals surface area contributed by atoms with Crippen LogP contribution in [0.1, 0.15) is 12.8 Å². The normalized spacial score (nSPS) is 16.5. The van der Waals surface area contributed by atoms with Crippen LogP contribution in [0.3, 0.4) is 0 Å². The zero-order chi connectivity index (χ0) is 10.4. The van der Waals surface area contributed by atoms with Crippen molar-refractivity contribution in [1.29, 1.82) is 0 Å². The fourth-order valence-corrected chi connectivity index (χ4v) is 1.57. The van der Waals surface area contributed by atoms with Gasteiger partial charge in [0.25, 0.3) is 0 Å². The first-order chi connectivity index (χ1) is 6.68. The van der Waals surface area contributed by atoms with Gasteiger partial charge >= 0.3 is 0 Å².